The molecular weight excluding hydrogens is 240 g/mol. The molecule has 0 saturated heterocycles. The molecule has 98 valence electrons. The van der Waals surface area contributed by atoms with Crippen LogP contribution in [0.4, 0.5) is 0 Å². The number of hydrogen-bond acceptors (Lipinski definition) is 3. The maximum absolute atomic E-state index is 10.9. The van der Waals surface area contributed by atoms with Crippen LogP contribution in [0.3, 0.4) is 0 Å². The fourth-order valence-electron chi connectivity index (χ4n) is 1.81. The molecule has 0 unspecified atom stereocenters. The first-order valence-electron chi connectivity index (χ1n) is 6.07. The summed E-state index contributed by atoms with van der Waals surface area (Å²) in [5, 5.41) is 0. The fraction of sp³-hybridized carbons (Fsp3) is 0.188. The second-order valence-corrected chi connectivity index (χ2v) is 4.19. The first kappa shape index (κ1) is 13.3. The van der Waals surface area contributed by atoms with E-state index in [-0.39, 0.29) is 0 Å². The van der Waals surface area contributed by atoms with Gasteiger partial charge in [-0.15, -0.1) is 0 Å². The average molecular weight is 256 g/mol. The van der Waals surface area contributed by atoms with Crippen LogP contribution in [0.5, 0.6) is 5.75 Å². The zero-order valence-corrected chi connectivity index (χ0v) is 10.8. The van der Waals surface area contributed by atoms with Crippen LogP contribution in [0.25, 0.3) is 0 Å². The number of benzene rings is 2. The molecule has 3 nitrogen and oxygen atoms in total. The van der Waals surface area contributed by atoms with Gasteiger partial charge in [0.1, 0.15) is 18.6 Å². The van der Waals surface area contributed by atoms with E-state index >= 15 is 0 Å². The zero-order valence-electron chi connectivity index (χ0n) is 10.8. The van der Waals surface area contributed by atoms with Gasteiger partial charge >= 0.3 is 0 Å². The fourth-order valence-corrected chi connectivity index (χ4v) is 1.81. The highest BCUT2D eigenvalue weighted by Crippen LogP contribution is 2.19. The van der Waals surface area contributed by atoms with Crippen molar-refractivity contribution in [1.29, 1.82) is 0 Å². The summed E-state index contributed by atoms with van der Waals surface area (Å²) in [4.78, 5) is 10.9. The summed E-state index contributed by atoms with van der Waals surface area (Å²) in [6, 6.07) is 15.3. The van der Waals surface area contributed by atoms with Gasteiger partial charge in [-0.3, -0.25) is 4.79 Å². The van der Waals surface area contributed by atoms with Gasteiger partial charge in [-0.1, -0.05) is 30.3 Å². The maximum Gasteiger partial charge on any atom is 0.150 e. The Hall–Kier alpha value is -2.13. The van der Waals surface area contributed by atoms with Crippen molar-refractivity contribution in [3.8, 4) is 5.75 Å². The largest absolute Gasteiger partial charge is 0.489 e. The quantitative estimate of drug-likeness (QED) is 0.744. The number of hydrogen-bond donors (Lipinski definition) is 0. The van der Waals surface area contributed by atoms with E-state index in [0.29, 0.717) is 18.8 Å². The Labute approximate surface area is 112 Å². The smallest absolute Gasteiger partial charge is 0.150 e. The highest BCUT2D eigenvalue weighted by molar-refractivity contribution is 5.77. The van der Waals surface area contributed by atoms with E-state index in [1.54, 1.807) is 19.2 Å². The third-order valence-electron chi connectivity index (χ3n) is 2.79. The molecule has 0 amide bonds. The highest BCUT2D eigenvalue weighted by Gasteiger charge is 2.04. The number of rotatable bonds is 6. The van der Waals surface area contributed by atoms with Crippen molar-refractivity contribution in [2.75, 3.05) is 7.11 Å². The van der Waals surface area contributed by atoms with Gasteiger partial charge in [0, 0.05) is 12.7 Å². The zero-order chi connectivity index (χ0) is 13.5. The Morgan fingerprint density at radius 1 is 1.05 bits per heavy atom. The van der Waals surface area contributed by atoms with Crippen molar-refractivity contribution in [3.63, 3.8) is 0 Å². The minimum Gasteiger partial charge on any atom is -0.489 e. The Balaban J connectivity index is 2.08. The topological polar surface area (TPSA) is 35.5 Å². The first-order chi connectivity index (χ1) is 9.33. The Morgan fingerprint density at radius 2 is 1.84 bits per heavy atom. The molecule has 0 saturated carbocycles. The second kappa shape index (κ2) is 6.71. The van der Waals surface area contributed by atoms with E-state index in [1.807, 2.05) is 36.4 Å². The van der Waals surface area contributed by atoms with E-state index in [9.17, 15) is 4.79 Å². The molecule has 0 atom stereocenters. The number of carbonyl (C=O) groups is 1. The molecule has 0 aliphatic heterocycles. The average Bonchev–Trinajstić information content (AvgIpc) is 2.47. The molecule has 19 heavy (non-hydrogen) atoms. The van der Waals surface area contributed by atoms with Crippen molar-refractivity contribution in [2.45, 2.75) is 13.2 Å². The number of aldehydes is 1. The molecule has 0 aliphatic rings. The summed E-state index contributed by atoms with van der Waals surface area (Å²) in [6.45, 7) is 0.907. The number of carbonyl (C=O) groups excluding carboxylic acids is 1. The first-order valence-corrected chi connectivity index (χ1v) is 6.07. The van der Waals surface area contributed by atoms with Crippen LogP contribution in [0.2, 0.25) is 0 Å². The molecule has 0 radical (unpaired) electrons. The van der Waals surface area contributed by atoms with E-state index in [2.05, 4.69) is 0 Å². The summed E-state index contributed by atoms with van der Waals surface area (Å²) in [6.07, 6.45) is 0.829. The lowest BCUT2D eigenvalue weighted by molar-refractivity contribution is 0.111. The van der Waals surface area contributed by atoms with Crippen LogP contribution in [0.1, 0.15) is 21.5 Å². The molecular formula is C16H16O3. The molecule has 2 aromatic carbocycles. The lowest BCUT2D eigenvalue weighted by Crippen LogP contribution is -1.99. The summed E-state index contributed by atoms with van der Waals surface area (Å²) < 4.78 is 10.8. The lowest BCUT2D eigenvalue weighted by atomic mass is 10.1. The van der Waals surface area contributed by atoms with Crippen LogP contribution in [0, 0.1) is 0 Å². The van der Waals surface area contributed by atoms with Crippen molar-refractivity contribution in [3.05, 3.63) is 65.2 Å². The molecule has 0 fully saturated rings. The molecule has 0 aliphatic carbocycles. The van der Waals surface area contributed by atoms with Crippen LogP contribution < -0.4 is 4.74 Å². The van der Waals surface area contributed by atoms with Gasteiger partial charge in [0.2, 0.25) is 0 Å². The summed E-state index contributed by atoms with van der Waals surface area (Å²) in [7, 11) is 1.60. The van der Waals surface area contributed by atoms with Gasteiger partial charge in [0.15, 0.2) is 0 Å². The predicted molar refractivity (Wildman–Crippen MR) is 73.3 cm³/mol. The van der Waals surface area contributed by atoms with Crippen LogP contribution in [0.15, 0.2) is 48.5 Å². The van der Waals surface area contributed by atoms with Crippen molar-refractivity contribution in [1.82, 2.24) is 0 Å². The second-order valence-electron chi connectivity index (χ2n) is 4.19. The van der Waals surface area contributed by atoms with Crippen LogP contribution in [-0.2, 0) is 18.0 Å². The third-order valence-corrected chi connectivity index (χ3v) is 2.79. The minimum absolute atomic E-state index is 0.399. The minimum atomic E-state index is 0.399. The maximum atomic E-state index is 10.9. The Kier molecular flexibility index (Phi) is 4.70. The normalized spacial score (nSPS) is 10.2. The predicted octanol–water partition coefficient (Wildman–Crippen LogP) is 3.22. The molecule has 0 bridgehead atoms. The van der Waals surface area contributed by atoms with Gasteiger partial charge in [0.25, 0.3) is 0 Å². The van der Waals surface area contributed by atoms with E-state index < -0.39 is 0 Å². The van der Waals surface area contributed by atoms with Gasteiger partial charge in [-0.2, -0.15) is 0 Å². The highest BCUT2D eigenvalue weighted by atomic mass is 16.5. The van der Waals surface area contributed by atoms with Gasteiger partial charge in [-0.25, -0.2) is 0 Å². The van der Waals surface area contributed by atoms with E-state index in [0.717, 1.165) is 23.2 Å². The van der Waals surface area contributed by atoms with E-state index in [4.69, 9.17) is 9.47 Å². The molecule has 0 aromatic heterocycles. The summed E-state index contributed by atoms with van der Waals surface area (Å²) in [5.74, 6) is 0.738. The van der Waals surface area contributed by atoms with Gasteiger partial charge < -0.3 is 9.47 Å². The number of methoxy groups -OCH3 is 1. The monoisotopic (exact) mass is 256 g/mol. The molecule has 3 heteroatoms. The molecule has 0 N–H and O–H groups in total. The Bertz CT molecular complexity index is 535. The summed E-state index contributed by atoms with van der Waals surface area (Å²) in [5.41, 5.74) is 2.58. The number of ether oxygens (including phenoxy) is 2. The third kappa shape index (κ3) is 3.66. The van der Waals surface area contributed by atoms with Crippen LogP contribution >= 0.6 is 0 Å². The van der Waals surface area contributed by atoms with Crippen molar-refractivity contribution < 1.29 is 14.3 Å². The molecule has 0 spiro atoms. The van der Waals surface area contributed by atoms with Crippen LogP contribution in [-0.4, -0.2) is 13.4 Å². The molecule has 2 aromatic rings. The lowest BCUT2D eigenvalue weighted by Gasteiger charge is -2.09. The van der Waals surface area contributed by atoms with Gasteiger partial charge in [0.05, 0.1) is 6.61 Å². The van der Waals surface area contributed by atoms with Crippen molar-refractivity contribution in [2.24, 2.45) is 0 Å². The standard InChI is InChI=1S/C16H16O3/c1-18-12-15-9-16(8-7-14(15)10-17)19-11-13-5-3-2-4-6-13/h2-10H,11-12H2,1H3. The summed E-state index contributed by atoms with van der Waals surface area (Å²) >= 11 is 0. The molecule has 0 heterocycles. The SMILES string of the molecule is COCc1cc(OCc2ccccc2)ccc1C=O. The van der Waals surface area contributed by atoms with E-state index in [1.165, 1.54) is 0 Å². The van der Waals surface area contributed by atoms with Gasteiger partial charge in [-0.05, 0) is 29.3 Å². The molecule has 2 rings (SSSR count). The van der Waals surface area contributed by atoms with Crippen molar-refractivity contribution >= 4 is 6.29 Å². The Morgan fingerprint density at radius 3 is 2.53 bits per heavy atom.